The van der Waals surface area contributed by atoms with Crippen LogP contribution in [-0.4, -0.2) is 78.2 Å². The van der Waals surface area contributed by atoms with E-state index in [0.717, 1.165) is 5.56 Å². The first-order valence-electron chi connectivity index (χ1n) is 14.2. The van der Waals surface area contributed by atoms with E-state index in [1.165, 1.54) is 30.3 Å². The molecule has 0 amide bonds. The number of aromatic hydroxyl groups is 4. The molecule has 0 aromatic heterocycles. The van der Waals surface area contributed by atoms with Gasteiger partial charge < -0.3 is 55.1 Å². The normalized spacial score (nSPS) is 26.0. The Bertz CT molecular complexity index is 1660. The van der Waals surface area contributed by atoms with Crippen LogP contribution in [0.5, 0.6) is 34.5 Å². The largest absolute Gasteiger partial charge is 0.508 e. The molecule has 0 spiro atoms. The van der Waals surface area contributed by atoms with E-state index in [1.54, 1.807) is 60.7 Å². The molecule has 45 heavy (non-hydrogen) atoms. The molecule has 7 atom stereocenters. The third-order valence-corrected chi connectivity index (χ3v) is 7.97. The number of benzene rings is 4. The first-order valence-corrected chi connectivity index (χ1v) is 14.2. The average Bonchev–Trinajstić information content (AvgIpc) is 3.40. The van der Waals surface area contributed by atoms with Gasteiger partial charge >= 0.3 is 0 Å². The van der Waals surface area contributed by atoms with Crippen LogP contribution in [0.3, 0.4) is 0 Å². The third kappa shape index (κ3) is 6.12. The summed E-state index contributed by atoms with van der Waals surface area (Å²) in [5, 5.41) is 81.1. The summed E-state index contributed by atoms with van der Waals surface area (Å²) in [5.41, 5.74) is 3.28. The quantitative estimate of drug-likeness (QED) is 0.142. The first-order chi connectivity index (χ1) is 21.6. The number of aliphatic hydroxyl groups is 4. The topological polar surface area (TPSA) is 190 Å². The number of fused-ring (bicyclic) bond motifs is 1. The van der Waals surface area contributed by atoms with Crippen molar-refractivity contribution in [1.29, 1.82) is 0 Å². The van der Waals surface area contributed by atoms with E-state index >= 15 is 0 Å². The molecule has 1 saturated heterocycles. The molecule has 8 N–H and O–H groups in total. The second-order valence-electron chi connectivity index (χ2n) is 11.1. The standard InChI is InChI=1S/C34H32O11/c35-16-27-30(40)31(41)32(42)34(45-27)43-25-13-19(4-1-17-2-7-21(36)8-3-17)28-26(15-25)44-33(18-5-9-22(37)10-6-18)29(28)20-11-23(38)14-24(39)12-20/h1-15,27,29-42H,16H2/b4-1+/t27-,29+,30-,31+,32-,33-,34-/m1/s1. The van der Waals surface area contributed by atoms with E-state index in [-0.39, 0.29) is 28.7 Å². The average molecular weight is 617 g/mol. The van der Waals surface area contributed by atoms with Crippen molar-refractivity contribution in [2.45, 2.75) is 42.7 Å². The molecule has 0 unspecified atom stereocenters. The maximum Gasteiger partial charge on any atom is 0.229 e. The molecule has 2 heterocycles. The number of hydrogen-bond donors (Lipinski definition) is 8. The van der Waals surface area contributed by atoms with Crippen LogP contribution in [0.2, 0.25) is 0 Å². The SMILES string of the molecule is OC[C@H]1O[C@@H](Oc2cc(/C=C/c3ccc(O)cc3)c3c(c2)O[C@H](c2ccc(O)cc2)[C@H]3c2cc(O)cc(O)c2)[C@H](O)[C@@H](O)[C@@H]1O. The maximum atomic E-state index is 10.6. The zero-order valence-electron chi connectivity index (χ0n) is 23.7. The fourth-order valence-corrected chi connectivity index (χ4v) is 5.75. The Kier molecular flexibility index (Phi) is 8.28. The lowest BCUT2D eigenvalue weighted by molar-refractivity contribution is -0.277. The fraction of sp³-hybridized carbons (Fsp3) is 0.235. The maximum absolute atomic E-state index is 10.6. The van der Waals surface area contributed by atoms with Crippen molar-refractivity contribution in [1.82, 2.24) is 0 Å². The molecule has 0 bridgehead atoms. The van der Waals surface area contributed by atoms with E-state index in [0.29, 0.717) is 28.0 Å². The molecule has 2 aliphatic rings. The number of rotatable bonds is 7. The van der Waals surface area contributed by atoms with E-state index in [1.807, 2.05) is 0 Å². The summed E-state index contributed by atoms with van der Waals surface area (Å²) in [6.07, 6.45) is -4.52. The Morgan fingerprint density at radius 3 is 1.96 bits per heavy atom. The molecule has 2 aliphatic heterocycles. The highest BCUT2D eigenvalue weighted by Crippen LogP contribution is 2.53. The third-order valence-electron chi connectivity index (χ3n) is 7.97. The minimum absolute atomic E-state index is 0.0635. The lowest BCUT2D eigenvalue weighted by Gasteiger charge is -2.39. The van der Waals surface area contributed by atoms with Crippen LogP contribution in [-0.2, 0) is 4.74 Å². The Morgan fingerprint density at radius 2 is 1.31 bits per heavy atom. The van der Waals surface area contributed by atoms with Crippen LogP contribution in [0.15, 0.2) is 78.9 Å². The molecular weight excluding hydrogens is 584 g/mol. The van der Waals surface area contributed by atoms with Crippen LogP contribution in [0.1, 0.15) is 39.8 Å². The van der Waals surface area contributed by atoms with E-state index in [9.17, 15) is 40.9 Å². The summed E-state index contributed by atoms with van der Waals surface area (Å²) in [6, 6.07) is 20.5. The smallest absolute Gasteiger partial charge is 0.229 e. The van der Waals surface area contributed by atoms with Crippen molar-refractivity contribution in [3.05, 3.63) is 107 Å². The molecule has 11 heteroatoms. The molecule has 234 valence electrons. The monoisotopic (exact) mass is 616 g/mol. The summed E-state index contributed by atoms with van der Waals surface area (Å²) in [7, 11) is 0. The van der Waals surface area contributed by atoms with Crippen LogP contribution in [0.4, 0.5) is 0 Å². The molecule has 0 aliphatic carbocycles. The molecular formula is C34H32O11. The van der Waals surface area contributed by atoms with Crippen LogP contribution >= 0.6 is 0 Å². The zero-order chi connectivity index (χ0) is 31.8. The Hall–Kier alpha value is -4.78. The van der Waals surface area contributed by atoms with Gasteiger partial charge in [-0.25, -0.2) is 0 Å². The Labute approximate surface area is 257 Å². The van der Waals surface area contributed by atoms with Gasteiger partial charge in [-0.1, -0.05) is 36.4 Å². The number of ether oxygens (including phenoxy) is 3. The number of phenols is 4. The van der Waals surface area contributed by atoms with Crippen molar-refractivity contribution in [3.8, 4) is 34.5 Å². The highest BCUT2D eigenvalue weighted by molar-refractivity contribution is 5.75. The lowest BCUT2D eigenvalue weighted by atomic mass is 9.82. The van der Waals surface area contributed by atoms with Crippen molar-refractivity contribution >= 4 is 12.2 Å². The van der Waals surface area contributed by atoms with Gasteiger partial charge in [-0.2, -0.15) is 0 Å². The molecule has 6 rings (SSSR count). The highest BCUT2D eigenvalue weighted by Gasteiger charge is 2.45. The summed E-state index contributed by atoms with van der Waals surface area (Å²) in [5.74, 6) is -0.146. The molecule has 4 aromatic carbocycles. The lowest BCUT2D eigenvalue weighted by Crippen LogP contribution is -2.60. The van der Waals surface area contributed by atoms with Gasteiger partial charge in [0.05, 0.1) is 12.5 Å². The second kappa shape index (κ2) is 12.3. The predicted molar refractivity (Wildman–Crippen MR) is 161 cm³/mol. The van der Waals surface area contributed by atoms with Gasteiger partial charge in [-0.3, -0.25) is 0 Å². The van der Waals surface area contributed by atoms with Crippen LogP contribution < -0.4 is 9.47 Å². The zero-order valence-corrected chi connectivity index (χ0v) is 23.7. The minimum atomic E-state index is -1.64. The second-order valence-corrected chi connectivity index (χ2v) is 11.1. The summed E-state index contributed by atoms with van der Waals surface area (Å²) in [6.45, 7) is -0.620. The fourth-order valence-electron chi connectivity index (χ4n) is 5.75. The van der Waals surface area contributed by atoms with Crippen molar-refractivity contribution < 1.29 is 55.1 Å². The molecule has 11 nitrogen and oxygen atoms in total. The minimum Gasteiger partial charge on any atom is -0.508 e. The summed E-state index contributed by atoms with van der Waals surface area (Å²) >= 11 is 0. The molecule has 0 radical (unpaired) electrons. The molecule has 1 fully saturated rings. The van der Waals surface area contributed by atoms with Gasteiger partial charge in [0.2, 0.25) is 6.29 Å². The van der Waals surface area contributed by atoms with Gasteiger partial charge in [-0.05, 0) is 64.7 Å². The number of phenolic OH excluding ortho intramolecular Hbond substituents is 4. The van der Waals surface area contributed by atoms with Crippen molar-refractivity contribution in [2.24, 2.45) is 0 Å². The van der Waals surface area contributed by atoms with E-state index < -0.39 is 49.3 Å². The first kappa shape index (κ1) is 30.3. The van der Waals surface area contributed by atoms with Crippen LogP contribution in [0.25, 0.3) is 12.2 Å². The van der Waals surface area contributed by atoms with Gasteiger partial charge in [0.1, 0.15) is 65.0 Å². The summed E-state index contributed by atoms with van der Waals surface area (Å²) in [4.78, 5) is 0. The highest BCUT2D eigenvalue weighted by atomic mass is 16.7. The van der Waals surface area contributed by atoms with E-state index in [4.69, 9.17) is 14.2 Å². The predicted octanol–water partition coefficient (Wildman–Crippen LogP) is 3.12. The number of aliphatic hydroxyl groups excluding tert-OH is 4. The van der Waals surface area contributed by atoms with Crippen molar-refractivity contribution in [3.63, 3.8) is 0 Å². The molecule has 4 aromatic rings. The van der Waals surface area contributed by atoms with Gasteiger partial charge in [-0.15, -0.1) is 0 Å². The van der Waals surface area contributed by atoms with Gasteiger partial charge in [0.15, 0.2) is 0 Å². The van der Waals surface area contributed by atoms with Crippen LogP contribution in [0, 0.1) is 0 Å². The van der Waals surface area contributed by atoms with Gasteiger partial charge in [0.25, 0.3) is 0 Å². The summed E-state index contributed by atoms with van der Waals surface area (Å²) < 4.78 is 18.0. The number of hydrogen-bond acceptors (Lipinski definition) is 11. The van der Waals surface area contributed by atoms with Crippen molar-refractivity contribution in [2.75, 3.05) is 6.61 Å². The molecule has 0 saturated carbocycles. The van der Waals surface area contributed by atoms with E-state index in [2.05, 4.69) is 0 Å². The van der Waals surface area contributed by atoms with Gasteiger partial charge in [0, 0.05) is 17.7 Å². The Balaban J connectivity index is 1.48. The Morgan fingerprint density at radius 1 is 0.667 bits per heavy atom.